The summed E-state index contributed by atoms with van der Waals surface area (Å²) >= 11 is 0. The third kappa shape index (κ3) is 15.0. The standard InChI is InChI=1S/2C44H42BN3.C42H38BN3O/c1-25-18-27(3)41(28(4)19-25)45(42-29(5)20-26(2)21-30(42)6)43-46-24-40(31(7)47-43)48-38-17-13-11-15-33(38)35-22-34-32-14-10-12-16-36(32)44(8,9)37(34)23-39(35)48;1-25-20-27(3)41(28(4)21-25)45(42-29(5)22-26(2)23-30(42)6)43-46-24-38(31(7)47-43)48-36-17-13-11-15-34(36)39-37(48)19-18-33-32-14-10-12-16-35(32)44(8,9)40(33)39;1-23-19-25(3)38(26(4)20-23)43(39-27(5)21-24(2)22-28(39)6)42-44-29(7)40(30(8)45-42)46-34-15-11-9-14-33(34)37-35(46)18-17-32-31-13-10-12-16-36(31)47-41(32)37/h2*10-24H,1-9H3;9-22H,1-8H3. The van der Waals surface area contributed by atoms with Crippen molar-refractivity contribution in [1.82, 2.24) is 43.6 Å². The lowest BCUT2D eigenvalue weighted by Crippen LogP contribution is -2.58. The zero-order valence-electron chi connectivity index (χ0n) is 87.6. The van der Waals surface area contributed by atoms with Crippen LogP contribution in [0.4, 0.5) is 0 Å². The summed E-state index contributed by atoms with van der Waals surface area (Å²) in [5.41, 5.74) is 59.7. The van der Waals surface area contributed by atoms with Gasteiger partial charge in [0.05, 0.1) is 108 Å². The molecule has 0 bridgehead atoms. The van der Waals surface area contributed by atoms with Crippen molar-refractivity contribution in [2.45, 2.75) is 191 Å². The van der Waals surface area contributed by atoms with E-state index in [9.17, 15) is 0 Å². The molecule has 24 rings (SSSR count). The monoisotopic (exact) mass is 1860 g/mol. The van der Waals surface area contributed by atoms with Crippen molar-refractivity contribution < 1.29 is 4.42 Å². The van der Waals surface area contributed by atoms with E-state index in [4.69, 9.17) is 34.3 Å². The van der Waals surface area contributed by atoms with E-state index in [1.54, 1.807) is 0 Å². The van der Waals surface area contributed by atoms with E-state index in [2.05, 4.69) is 449 Å². The molecule has 0 atom stereocenters. The normalized spacial score (nSPS) is 12.8. The van der Waals surface area contributed by atoms with Crippen molar-refractivity contribution in [3.05, 3.63) is 412 Å². The number of furan rings is 1. The quantitative estimate of drug-likeness (QED) is 0.112. The molecule has 22 aromatic rings. The molecule has 0 radical (unpaired) electrons. The van der Waals surface area contributed by atoms with Crippen LogP contribution in [0.2, 0.25) is 0 Å². The Balaban J connectivity index is 0.000000123. The van der Waals surface area contributed by atoms with Crippen LogP contribution in [0.5, 0.6) is 0 Å². The van der Waals surface area contributed by atoms with Gasteiger partial charge in [-0.25, -0.2) is 29.9 Å². The summed E-state index contributed by atoms with van der Waals surface area (Å²) in [6.07, 6.45) is 4.14. The van der Waals surface area contributed by atoms with Crippen molar-refractivity contribution in [1.29, 1.82) is 0 Å². The minimum Gasteiger partial charge on any atom is -0.455 e. The van der Waals surface area contributed by atoms with Gasteiger partial charge in [0.2, 0.25) is 0 Å². The second-order valence-electron chi connectivity index (χ2n) is 42.8. The number of hydrogen-bond donors (Lipinski definition) is 0. The number of aryl methyl sites for hydroxylation is 22. The van der Waals surface area contributed by atoms with Gasteiger partial charge in [-0.3, -0.25) is 0 Å². The third-order valence-electron chi connectivity index (χ3n) is 31.7. The minimum atomic E-state index is -0.115. The lowest BCUT2D eigenvalue weighted by Gasteiger charge is -2.24. The fraction of sp³-hybridized carbons (Fsp3) is 0.215. The van der Waals surface area contributed by atoms with Crippen LogP contribution in [-0.4, -0.2) is 63.7 Å². The van der Waals surface area contributed by atoms with Crippen molar-refractivity contribution in [3.8, 4) is 39.3 Å². The average molecular weight is 1860 g/mol. The van der Waals surface area contributed by atoms with Gasteiger partial charge in [-0.2, -0.15) is 0 Å². The number of hydrogen-bond acceptors (Lipinski definition) is 7. The van der Waals surface area contributed by atoms with Gasteiger partial charge in [0.1, 0.15) is 11.2 Å². The Morgan fingerprint density at radius 3 is 1.02 bits per heavy atom. The predicted molar refractivity (Wildman–Crippen MR) is 608 cm³/mol. The zero-order valence-corrected chi connectivity index (χ0v) is 87.6. The summed E-state index contributed by atoms with van der Waals surface area (Å²) in [6.45, 7) is 57.6. The lowest BCUT2D eigenvalue weighted by atomic mass is 9.37. The van der Waals surface area contributed by atoms with E-state index in [-0.39, 0.29) is 31.0 Å². The molecule has 15 aromatic carbocycles. The molecule has 0 saturated carbocycles. The van der Waals surface area contributed by atoms with E-state index in [1.165, 1.54) is 221 Å². The number of fused-ring (bicyclic) bond motifs is 20. The summed E-state index contributed by atoms with van der Waals surface area (Å²) in [5, 5.41) is 9.63. The SMILES string of the molecule is Cc1cc(C)c(B(c2nc(C)c(-n3c4ccccc4c4c5oc6ccccc6c5ccc43)c(C)n2)c2c(C)cc(C)cc2C)c(C)c1.Cc1cc(C)c(B(c2ncc(-n3c4ccccc4c4c5c(ccc43)-c3ccccc3C5(C)C)c(C)n2)c2c(C)cc(C)cc2C)c(C)c1.Cc1cc(C)c(B(c2ncc(-n3c4ccccc4c4cc5c(cc43)C(C)(C)c3ccccc3-5)c(C)n2)c2c(C)cc(C)cc2C)c(C)c1. The second-order valence-corrected chi connectivity index (χ2v) is 42.8. The number of rotatable bonds is 12. The fourth-order valence-electron chi connectivity index (χ4n) is 26.4. The van der Waals surface area contributed by atoms with Gasteiger partial charge >= 0.3 is 0 Å². The molecule has 2 aliphatic carbocycles. The van der Waals surface area contributed by atoms with Crippen LogP contribution in [-0.2, 0) is 10.8 Å². The molecule has 0 amide bonds. The molecule has 0 saturated heterocycles. The van der Waals surface area contributed by atoms with Gasteiger partial charge in [-0.05, 0) is 251 Å². The molecular weight excluding hydrogens is 1740 g/mol. The van der Waals surface area contributed by atoms with Gasteiger partial charge in [-0.1, -0.05) is 361 Å². The van der Waals surface area contributed by atoms with E-state index >= 15 is 0 Å². The van der Waals surface area contributed by atoms with E-state index in [1.807, 2.05) is 12.1 Å². The number of benzene rings is 15. The number of aromatic nitrogens is 9. The molecule has 2 aliphatic rings. The maximum absolute atomic E-state index is 6.55. The lowest BCUT2D eigenvalue weighted by molar-refractivity contribution is 0.661. The Kier molecular flexibility index (Phi) is 22.7. The van der Waals surface area contributed by atoms with Crippen LogP contribution < -0.4 is 49.9 Å². The average Bonchev–Trinajstić information content (AvgIpc) is 1.53. The van der Waals surface area contributed by atoms with Crippen molar-refractivity contribution in [3.63, 3.8) is 0 Å². The fourth-order valence-corrected chi connectivity index (χ4v) is 26.4. The maximum atomic E-state index is 6.55. The predicted octanol–water partition coefficient (Wildman–Crippen LogP) is 25.6. The largest absolute Gasteiger partial charge is 0.455 e. The molecule has 0 N–H and O–H groups in total. The summed E-state index contributed by atoms with van der Waals surface area (Å²) in [7, 11) is 0. The maximum Gasteiger partial charge on any atom is 0.291 e. The van der Waals surface area contributed by atoms with Crippen LogP contribution in [0.15, 0.2) is 272 Å². The Morgan fingerprint density at radius 2 is 0.580 bits per heavy atom. The van der Waals surface area contributed by atoms with Crippen molar-refractivity contribution in [2.75, 3.05) is 0 Å². The summed E-state index contributed by atoms with van der Waals surface area (Å²) in [4.78, 5) is 32.2. The zero-order chi connectivity index (χ0) is 100. The Bertz CT molecular complexity index is 8650. The molecule has 702 valence electrons. The molecule has 7 heterocycles. The Hall–Kier alpha value is -15.1. The summed E-state index contributed by atoms with van der Waals surface area (Å²) in [6, 6.07) is 93.7. The van der Waals surface area contributed by atoms with Gasteiger partial charge in [-0.15, -0.1) is 0 Å². The van der Waals surface area contributed by atoms with E-state index < -0.39 is 0 Å². The number of nitrogens with zero attached hydrogens (tertiary/aromatic N) is 9. The molecule has 0 aliphatic heterocycles. The van der Waals surface area contributed by atoms with E-state index in [0.29, 0.717) is 0 Å². The molecule has 7 aromatic heterocycles. The number of para-hydroxylation sites is 4. The molecule has 143 heavy (non-hydrogen) atoms. The van der Waals surface area contributed by atoms with Gasteiger partial charge in [0.25, 0.3) is 20.1 Å². The Morgan fingerprint density at radius 1 is 0.245 bits per heavy atom. The third-order valence-corrected chi connectivity index (χ3v) is 31.7. The molecule has 10 nitrogen and oxygen atoms in total. The molecule has 0 spiro atoms. The highest BCUT2D eigenvalue weighted by Gasteiger charge is 2.42. The highest BCUT2D eigenvalue weighted by Crippen LogP contribution is 2.55. The van der Waals surface area contributed by atoms with Crippen molar-refractivity contribution >= 4 is 157 Å². The molecule has 0 unspecified atom stereocenters. The van der Waals surface area contributed by atoms with Crippen LogP contribution in [0.1, 0.15) is 173 Å². The summed E-state index contributed by atoms with van der Waals surface area (Å²) < 4.78 is 13.7. The summed E-state index contributed by atoms with van der Waals surface area (Å²) in [5.74, 6) is 0. The first-order valence-electron chi connectivity index (χ1n) is 50.7. The van der Waals surface area contributed by atoms with Crippen LogP contribution >= 0.6 is 0 Å². The Labute approximate surface area is 842 Å². The minimum absolute atomic E-state index is 0.0697. The van der Waals surface area contributed by atoms with Gasteiger partial charge in [0, 0.05) is 48.5 Å². The van der Waals surface area contributed by atoms with Gasteiger partial charge in [0.15, 0.2) is 0 Å². The van der Waals surface area contributed by atoms with Crippen LogP contribution in [0.3, 0.4) is 0 Å². The highest BCUT2D eigenvalue weighted by molar-refractivity contribution is 6.97. The first-order valence-corrected chi connectivity index (χ1v) is 50.7. The highest BCUT2D eigenvalue weighted by atomic mass is 16.3. The second kappa shape index (κ2) is 35.0. The van der Waals surface area contributed by atoms with Crippen LogP contribution in [0, 0.1) is 152 Å². The van der Waals surface area contributed by atoms with E-state index in [0.717, 1.165) is 101 Å². The smallest absolute Gasteiger partial charge is 0.291 e. The van der Waals surface area contributed by atoms with Crippen LogP contribution in [0.25, 0.3) is 127 Å². The first-order chi connectivity index (χ1) is 68.5. The molecular formula is C130H122B3N9O. The van der Waals surface area contributed by atoms with Crippen molar-refractivity contribution in [2.24, 2.45) is 0 Å². The topological polar surface area (TPSA) is 105 Å². The first kappa shape index (κ1) is 92.9. The van der Waals surface area contributed by atoms with Gasteiger partial charge < -0.3 is 18.1 Å². The molecule has 13 heteroatoms. The molecule has 0 fully saturated rings.